The van der Waals surface area contributed by atoms with Crippen LogP contribution < -0.4 is 4.90 Å². The second-order valence-corrected chi connectivity index (χ2v) is 8.35. The fraction of sp³-hybridized carbons (Fsp3) is 0.350. The Balaban J connectivity index is 1.70. The van der Waals surface area contributed by atoms with Crippen LogP contribution in [-0.4, -0.2) is 27.8 Å². The maximum Gasteiger partial charge on any atom is 0.230 e. The van der Waals surface area contributed by atoms with E-state index in [0.29, 0.717) is 5.13 Å². The van der Waals surface area contributed by atoms with Crippen molar-refractivity contribution in [2.24, 2.45) is 0 Å². The zero-order valence-electron chi connectivity index (χ0n) is 16.1. The van der Waals surface area contributed by atoms with E-state index in [0.717, 1.165) is 42.1 Å². The van der Waals surface area contributed by atoms with Crippen LogP contribution in [0, 0.1) is 6.92 Å². The Morgan fingerprint density at radius 1 is 1.04 bits per heavy atom. The molecule has 0 unspecified atom stereocenters. The van der Waals surface area contributed by atoms with E-state index >= 15 is 0 Å². The number of nitrogens with zero attached hydrogens (tertiary/aromatic N) is 4. The van der Waals surface area contributed by atoms with E-state index in [1.807, 2.05) is 36.6 Å². The van der Waals surface area contributed by atoms with Crippen LogP contribution in [0.1, 0.15) is 35.8 Å². The van der Waals surface area contributed by atoms with Gasteiger partial charge in [0.1, 0.15) is 0 Å². The first-order chi connectivity index (χ1) is 13.0. The van der Waals surface area contributed by atoms with Crippen molar-refractivity contribution >= 4 is 39.4 Å². The summed E-state index contributed by atoms with van der Waals surface area (Å²) in [5.74, 6) is -0.0392. The number of rotatable bonds is 7. The number of carbonyl (C=O) groups is 1. The van der Waals surface area contributed by atoms with Crippen molar-refractivity contribution in [3.63, 3.8) is 0 Å². The Morgan fingerprint density at radius 2 is 1.67 bits per heavy atom. The third-order valence-corrected chi connectivity index (χ3v) is 6.02. The van der Waals surface area contributed by atoms with Crippen molar-refractivity contribution < 1.29 is 4.79 Å². The van der Waals surface area contributed by atoms with Crippen LogP contribution in [0.4, 0.5) is 10.8 Å². The molecule has 0 aliphatic carbocycles. The smallest absolute Gasteiger partial charge is 0.230 e. The molecule has 0 saturated carbocycles. The minimum Gasteiger partial charge on any atom is -0.295 e. The lowest BCUT2D eigenvalue weighted by atomic mass is 10.2. The molecule has 0 atom stereocenters. The van der Waals surface area contributed by atoms with Gasteiger partial charge in [-0.25, -0.2) is 9.97 Å². The number of hydrogen-bond acceptors (Lipinski definition) is 6. The normalized spacial score (nSPS) is 11.1. The summed E-state index contributed by atoms with van der Waals surface area (Å²) in [5.41, 5.74) is 4.07. The quantitative estimate of drug-likeness (QED) is 0.572. The first-order valence-electron chi connectivity index (χ1n) is 8.90. The molecule has 1 aromatic carbocycles. The predicted molar refractivity (Wildman–Crippen MR) is 113 cm³/mol. The summed E-state index contributed by atoms with van der Waals surface area (Å²) >= 11 is 3.21. The highest BCUT2D eigenvalue weighted by Gasteiger charge is 2.18. The van der Waals surface area contributed by atoms with Crippen molar-refractivity contribution in [2.45, 2.75) is 40.3 Å². The fourth-order valence-electron chi connectivity index (χ4n) is 2.79. The SMILES string of the molecule is CCc1nc(CN(C)Cc2csc(N(C(C)=O)c3ccc(C)cc3)n2)cs1. The Labute approximate surface area is 168 Å². The first kappa shape index (κ1) is 19.7. The molecule has 0 spiro atoms. The number of hydrogen-bond donors (Lipinski definition) is 0. The molecule has 5 nitrogen and oxygen atoms in total. The highest BCUT2D eigenvalue weighted by atomic mass is 32.1. The summed E-state index contributed by atoms with van der Waals surface area (Å²) in [6.45, 7) is 7.23. The van der Waals surface area contributed by atoms with Gasteiger partial charge in [0.25, 0.3) is 0 Å². The molecule has 0 bridgehead atoms. The van der Waals surface area contributed by atoms with Crippen LogP contribution in [0.15, 0.2) is 35.0 Å². The van der Waals surface area contributed by atoms with Crippen molar-refractivity contribution in [1.82, 2.24) is 14.9 Å². The topological polar surface area (TPSA) is 49.3 Å². The van der Waals surface area contributed by atoms with Crippen LogP contribution in [0.3, 0.4) is 0 Å². The second kappa shape index (κ2) is 8.73. The van der Waals surface area contributed by atoms with E-state index in [1.165, 1.54) is 16.3 Å². The van der Waals surface area contributed by atoms with E-state index in [4.69, 9.17) is 4.98 Å². The molecule has 3 rings (SSSR count). The van der Waals surface area contributed by atoms with Gasteiger partial charge in [-0.05, 0) is 32.5 Å². The molecule has 0 radical (unpaired) electrons. The van der Waals surface area contributed by atoms with Crippen molar-refractivity contribution in [1.29, 1.82) is 0 Å². The van der Waals surface area contributed by atoms with E-state index in [9.17, 15) is 4.79 Å². The highest BCUT2D eigenvalue weighted by Crippen LogP contribution is 2.29. The van der Waals surface area contributed by atoms with Crippen molar-refractivity contribution in [2.75, 3.05) is 11.9 Å². The number of aromatic nitrogens is 2. The van der Waals surface area contributed by atoms with Gasteiger partial charge in [0.05, 0.1) is 22.1 Å². The van der Waals surface area contributed by atoms with Crippen LogP contribution in [0.25, 0.3) is 0 Å². The molecule has 2 heterocycles. The number of benzene rings is 1. The maximum absolute atomic E-state index is 12.2. The molecule has 0 aliphatic heterocycles. The van der Waals surface area contributed by atoms with E-state index in [1.54, 1.807) is 23.2 Å². The average Bonchev–Trinajstić information content (AvgIpc) is 3.26. The lowest BCUT2D eigenvalue weighted by Crippen LogP contribution is -2.23. The standard InChI is InChI=1S/C20H24N4OS2/c1-5-19-21-16(12-26-19)10-23(4)11-17-13-27-20(22-17)24(15(3)25)18-8-6-14(2)7-9-18/h6-9,12-13H,5,10-11H2,1-4H3. The van der Waals surface area contributed by atoms with E-state index in [-0.39, 0.29) is 5.91 Å². The van der Waals surface area contributed by atoms with Crippen LogP contribution in [-0.2, 0) is 24.3 Å². The molecular weight excluding hydrogens is 376 g/mol. The number of amides is 1. The fourth-order valence-corrected chi connectivity index (χ4v) is 4.40. The van der Waals surface area contributed by atoms with Gasteiger partial charge in [-0.2, -0.15) is 0 Å². The number of thiazole rings is 2. The van der Waals surface area contributed by atoms with Crippen LogP contribution in [0.2, 0.25) is 0 Å². The summed E-state index contributed by atoms with van der Waals surface area (Å²) in [6, 6.07) is 7.92. The molecular formula is C20H24N4OS2. The summed E-state index contributed by atoms with van der Waals surface area (Å²) in [7, 11) is 2.06. The second-order valence-electron chi connectivity index (χ2n) is 6.57. The summed E-state index contributed by atoms with van der Waals surface area (Å²) in [6.07, 6.45) is 0.976. The third kappa shape index (κ3) is 5.00. The average molecular weight is 401 g/mol. The Bertz CT molecular complexity index is 901. The Hall–Kier alpha value is -2.09. The van der Waals surface area contributed by atoms with Gasteiger partial charge in [-0.1, -0.05) is 24.6 Å². The van der Waals surface area contributed by atoms with Gasteiger partial charge in [-0.3, -0.25) is 14.6 Å². The molecule has 7 heteroatoms. The Kier molecular flexibility index (Phi) is 6.36. The summed E-state index contributed by atoms with van der Waals surface area (Å²) < 4.78 is 0. The van der Waals surface area contributed by atoms with Gasteiger partial charge in [-0.15, -0.1) is 22.7 Å². The molecule has 0 saturated heterocycles. The highest BCUT2D eigenvalue weighted by molar-refractivity contribution is 7.14. The first-order valence-corrected chi connectivity index (χ1v) is 10.7. The molecule has 0 aliphatic rings. The van der Waals surface area contributed by atoms with Gasteiger partial charge in [0.2, 0.25) is 5.91 Å². The molecule has 2 aromatic heterocycles. The Morgan fingerprint density at radius 3 is 2.26 bits per heavy atom. The van der Waals surface area contributed by atoms with Crippen molar-refractivity contribution in [3.8, 4) is 0 Å². The van der Waals surface area contributed by atoms with Crippen LogP contribution in [0.5, 0.6) is 0 Å². The molecule has 142 valence electrons. The molecule has 0 N–H and O–H groups in total. The lowest BCUT2D eigenvalue weighted by molar-refractivity contribution is -0.115. The lowest BCUT2D eigenvalue weighted by Gasteiger charge is -2.18. The summed E-state index contributed by atoms with van der Waals surface area (Å²) in [4.78, 5) is 25.4. The maximum atomic E-state index is 12.2. The van der Waals surface area contributed by atoms with Gasteiger partial charge in [0, 0.05) is 30.8 Å². The predicted octanol–water partition coefficient (Wildman–Crippen LogP) is 4.79. The molecule has 0 fully saturated rings. The van der Waals surface area contributed by atoms with E-state index < -0.39 is 0 Å². The third-order valence-electron chi connectivity index (χ3n) is 4.10. The molecule has 3 aromatic rings. The number of anilines is 2. The largest absolute Gasteiger partial charge is 0.295 e. The van der Waals surface area contributed by atoms with Gasteiger partial charge in [0.15, 0.2) is 5.13 Å². The minimum absolute atomic E-state index is 0.0392. The zero-order valence-corrected chi connectivity index (χ0v) is 17.7. The van der Waals surface area contributed by atoms with Gasteiger partial charge < -0.3 is 0 Å². The molecule has 27 heavy (non-hydrogen) atoms. The zero-order chi connectivity index (χ0) is 19.4. The van der Waals surface area contributed by atoms with Crippen molar-refractivity contribution in [3.05, 3.63) is 57.0 Å². The van der Waals surface area contributed by atoms with Crippen LogP contribution >= 0.6 is 22.7 Å². The van der Waals surface area contributed by atoms with E-state index in [2.05, 4.69) is 29.2 Å². The monoisotopic (exact) mass is 400 g/mol. The number of aryl methyl sites for hydroxylation is 2. The number of carbonyl (C=O) groups excluding carboxylic acids is 1. The minimum atomic E-state index is -0.0392. The molecule has 1 amide bonds. The summed E-state index contributed by atoms with van der Waals surface area (Å²) in [5, 5.41) is 6.02. The van der Waals surface area contributed by atoms with Gasteiger partial charge >= 0.3 is 0 Å².